The monoisotopic (exact) mass is 322 g/mol. The lowest BCUT2D eigenvalue weighted by Gasteiger charge is -2.10. The van der Waals surface area contributed by atoms with Crippen molar-refractivity contribution in [3.8, 4) is 5.75 Å². The van der Waals surface area contributed by atoms with Crippen molar-refractivity contribution in [3.63, 3.8) is 0 Å². The van der Waals surface area contributed by atoms with Gasteiger partial charge in [-0.15, -0.1) is 13.2 Å². The Bertz CT molecular complexity index is 727. The van der Waals surface area contributed by atoms with Crippen molar-refractivity contribution in [2.45, 2.75) is 13.3 Å². The maximum atomic E-state index is 12.3. The van der Waals surface area contributed by atoms with E-state index in [4.69, 9.17) is 0 Å². The highest BCUT2D eigenvalue weighted by Crippen LogP contribution is 2.26. The van der Waals surface area contributed by atoms with E-state index in [0.29, 0.717) is 5.82 Å². The van der Waals surface area contributed by atoms with Crippen molar-refractivity contribution in [2.75, 3.05) is 5.32 Å². The van der Waals surface area contributed by atoms with E-state index in [1.165, 1.54) is 24.3 Å². The standard InChI is InChI=1S/C16H13F3N2O2/c1-11-8-9-20-14(10-11)21-15(22)7-6-12-4-2-3-5-13(12)23-16(17,18)19/h2-10H,1H3,(H,20,21,22)/b7-6+. The maximum Gasteiger partial charge on any atom is 0.573 e. The number of nitrogens with one attached hydrogen (secondary N) is 1. The summed E-state index contributed by atoms with van der Waals surface area (Å²) in [5.74, 6) is -0.526. The Morgan fingerprint density at radius 3 is 2.70 bits per heavy atom. The van der Waals surface area contributed by atoms with E-state index in [1.807, 2.05) is 6.92 Å². The molecule has 0 aliphatic rings. The van der Waals surface area contributed by atoms with Gasteiger partial charge in [-0.2, -0.15) is 0 Å². The number of anilines is 1. The van der Waals surface area contributed by atoms with Gasteiger partial charge in [0.2, 0.25) is 5.91 Å². The molecule has 0 saturated heterocycles. The van der Waals surface area contributed by atoms with Crippen LogP contribution < -0.4 is 10.1 Å². The third kappa shape index (κ3) is 5.46. The lowest BCUT2D eigenvalue weighted by atomic mass is 10.2. The van der Waals surface area contributed by atoms with Crippen LogP contribution in [0.3, 0.4) is 0 Å². The van der Waals surface area contributed by atoms with E-state index >= 15 is 0 Å². The number of para-hydroxylation sites is 1. The molecule has 0 aliphatic heterocycles. The first-order chi connectivity index (χ1) is 10.8. The fourth-order valence-electron chi connectivity index (χ4n) is 1.77. The number of halogens is 3. The lowest BCUT2D eigenvalue weighted by Crippen LogP contribution is -2.17. The average Bonchev–Trinajstić information content (AvgIpc) is 2.45. The van der Waals surface area contributed by atoms with Gasteiger partial charge in [-0.1, -0.05) is 18.2 Å². The van der Waals surface area contributed by atoms with Crippen LogP contribution in [0, 0.1) is 6.92 Å². The van der Waals surface area contributed by atoms with Crippen molar-refractivity contribution in [1.82, 2.24) is 4.98 Å². The summed E-state index contributed by atoms with van der Waals surface area (Å²) >= 11 is 0. The van der Waals surface area contributed by atoms with Crippen LogP contribution in [0.25, 0.3) is 6.08 Å². The normalized spacial score (nSPS) is 11.5. The summed E-state index contributed by atoms with van der Waals surface area (Å²) < 4.78 is 40.8. The van der Waals surface area contributed by atoms with Crippen molar-refractivity contribution >= 4 is 17.8 Å². The Morgan fingerprint density at radius 2 is 2.00 bits per heavy atom. The number of nitrogens with zero attached hydrogens (tertiary/aromatic N) is 1. The molecule has 23 heavy (non-hydrogen) atoms. The molecule has 2 rings (SSSR count). The summed E-state index contributed by atoms with van der Waals surface area (Å²) in [4.78, 5) is 15.8. The van der Waals surface area contributed by atoms with Crippen LogP contribution in [0.2, 0.25) is 0 Å². The topological polar surface area (TPSA) is 51.2 Å². The molecule has 0 saturated carbocycles. The molecular formula is C16H13F3N2O2. The van der Waals surface area contributed by atoms with Crippen molar-refractivity contribution in [2.24, 2.45) is 0 Å². The third-order valence-electron chi connectivity index (χ3n) is 2.73. The van der Waals surface area contributed by atoms with Gasteiger partial charge in [0.15, 0.2) is 0 Å². The smallest absolute Gasteiger partial charge is 0.405 e. The molecule has 1 aromatic carbocycles. The number of hydrogen-bond acceptors (Lipinski definition) is 3. The summed E-state index contributed by atoms with van der Waals surface area (Å²) in [5, 5.41) is 2.52. The van der Waals surface area contributed by atoms with Crippen molar-refractivity contribution in [3.05, 3.63) is 59.8 Å². The molecule has 0 fully saturated rings. The Morgan fingerprint density at radius 1 is 1.26 bits per heavy atom. The number of aromatic nitrogens is 1. The van der Waals surface area contributed by atoms with Gasteiger partial charge < -0.3 is 10.1 Å². The van der Waals surface area contributed by atoms with Gasteiger partial charge >= 0.3 is 6.36 Å². The highest BCUT2D eigenvalue weighted by molar-refractivity contribution is 6.01. The van der Waals surface area contributed by atoms with E-state index in [9.17, 15) is 18.0 Å². The number of hydrogen-bond donors (Lipinski definition) is 1. The zero-order valence-electron chi connectivity index (χ0n) is 12.1. The van der Waals surface area contributed by atoms with Crippen molar-refractivity contribution < 1.29 is 22.7 Å². The molecule has 4 nitrogen and oxygen atoms in total. The van der Waals surface area contributed by atoms with E-state index < -0.39 is 12.3 Å². The van der Waals surface area contributed by atoms with Crippen LogP contribution in [-0.4, -0.2) is 17.3 Å². The van der Waals surface area contributed by atoms with Gasteiger partial charge in [0, 0.05) is 17.8 Å². The average molecular weight is 322 g/mol. The van der Waals surface area contributed by atoms with E-state index in [2.05, 4.69) is 15.0 Å². The van der Waals surface area contributed by atoms with Gasteiger partial charge in [-0.3, -0.25) is 4.79 Å². The van der Waals surface area contributed by atoms with Crippen LogP contribution in [0.4, 0.5) is 19.0 Å². The largest absolute Gasteiger partial charge is 0.573 e. The number of carbonyl (C=O) groups excluding carboxylic acids is 1. The summed E-state index contributed by atoms with van der Waals surface area (Å²) in [6.07, 6.45) is -0.895. The number of alkyl halides is 3. The number of carbonyl (C=O) groups is 1. The minimum absolute atomic E-state index is 0.136. The molecule has 120 valence electrons. The Labute approximate surface area is 130 Å². The zero-order valence-corrected chi connectivity index (χ0v) is 12.1. The van der Waals surface area contributed by atoms with Gasteiger partial charge in [0.1, 0.15) is 11.6 Å². The third-order valence-corrected chi connectivity index (χ3v) is 2.73. The second-order valence-electron chi connectivity index (χ2n) is 4.63. The van der Waals surface area contributed by atoms with Crippen LogP contribution in [0.1, 0.15) is 11.1 Å². The predicted molar refractivity (Wildman–Crippen MR) is 79.8 cm³/mol. The molecule has 0 spiro atoms. The minimum Gasteiger partial charge on any atom is -0.405 e. The number of rotatable bonds is 4. The van der Waals surface area contributed by atoms with Crippen LogP contribution in [0.15, 0.2) is 48.7 Å². The maximum absolute atomic E-state index is 12.3. The van der Waals surface area contributed by atoms with Crippen molar-refractivity contribution in [1.29, 1.82) is 0 Å². The molecule has 1 heterocycles. The van der Waals surface area contributed by atoms with Gasteiger partial charge in [0.05, 0.1) is 0 Å². The number of pyridine rings is 1. The highest BCUT2D eigenvalue weighted by Gasteiger charge is 2.31. The van der Waals surface area contributed by atoms with E-state index in [0.717, 1.165) is 11.6 Å². The number of aryl methyl sites for hydroxylation is 1. The molecule has 1 N–H and O–H groups in total. The van der Waals surface area contributed by atoms with Gasteiger partial charge in [0.25, 0.3) is 0 Å². The first kappa shape index (κ1) is 16.5. The number of ether oxygens (including phenoxy) is 1. The highest BCUT2D eigenvalue weighted by atomic mass is 19.4. The number of amides is 1. The zero-order chi connectivity index (χ0) is 16.9. The molecule has 0 bridgehead atoms. The Kier molecular flexibility index (Phi) is 5.00. The SMILES string of the molecule is Cc1ccnc(NC(=O)/C=C/c2ccccc2OC(F)(F)F)c1. The van der Waals surface area contributed by atoms with Crippen LogP contribution >= 0.6 is 0 Å². The molecule has 1 amide bonds. The molecular weight excluding hydrogens is 309 g/mol. The summed E-state index contributed by atoms with van der Waals surface area (Å²) in [6, 6.07) is 8.99. The van der Waals surface area contributed by atoms with Crippen LogP contribution in [0.5, 0.6) is 5.75 Å². The lowest BCUT2D eigenvalue weighted by molar-refractivity contribution is -0.274. The molecule has 0 atom stereocenters. The van der Waals surface area contributed by atoms with Gasteiger partial charge in [-0.25, -0.2) is 4.98 Å². The molecule has 0 aliphatic carbocycles. The molecule has 1 aromatic heterocycles. The molecule has 0 unspecified atom stereocenters. The number of benzene rings is 1. The van der Waals surface area contributed by atoms with Crippen LogP contribution in [-0.2, 0) is 4.79 Å². The second-order valence-corrected chi connectivity index (χ2v) is 4.63. The Balaban J connectivity index is 2.09. The fourth-order valence-corrected chi connectivity index (χ4v) is 1.77. The summed E-state index contributed by atoms with van der Waals surface area (Å²) in [7, 11) is 0. The second kappa shape index (κ2) is 6.95. The molecule has 7 heteroatoms. The molecule has 2 aromatic rings. The van der Waals surface area contributed by atoms with E-state index in [-0.39, 0.29) is 11.3 Å². The van der Waals surface area contributed by atoms with Gasteiger partial charge in [-0.05, 0) is 36.8 Å². The summed E-state index contributed by atoms with van der Waals surface area (Å²) in [6.45, 7) is 1.85. The molecule has 0 radical (unpaired) electrons. The quantitative estimate of drug-likeness (QED) is 0.868. The first-order valence-corrected chi connectivity index (χ1v) is 6.60. The van der Waals surface area contributed by atoms with E-state index in [1.54, 1.807) is 24.4 Å². The Hall–Kier alpha value is -2.83. The predicted octanol–water partition coefficient (Wildman–Crippen LogP) is 3.94. The minimum atomic E-state index is -4.79. The fraction of sp³-hybridized carbons (Fsp3) is 0.125. The summed E-state index contributed by atoms with van der Waals surface area (Å²) in [5.41, 5.74) is 1.06. The first-order valence-electron chi connectivity index (χ1n) is 6.60.